The molecule has 0 radical (unpaired) electrons. The number of rotatable bonds is 2. The van der Waals surface area contributed by atoms with Gasteiger partial charge in [0.1, 0.15) is 5.60 Å². The first-order valence-corrected chi connectivity index (χ1v) is 8.83. The normalized spacial score (nSPS) is 13.0. The maximum atomic E-state index is 12.2. The highest BCUT2D eigenvalue weighted by Gasteiger charge is 2.34. The molecule has 4 heteroatoms. The molecule has 0 saturated carbocycles. The van der Waals surface area contributed by atoms with E-state index in [4.69, 9.17) is 4.74 Å². The topological polar surface area (TPSA) is 43.3 Å². The zero-order valence-corrected chi connectivity index (χ0v) is 15.9. The SMILES string of the molecule is CC.CC.CCNC(=O)c1cccc2c1OC(C)(C)c1cccn1-2. The highest BCUT2D eigenvalue weighted by atomic mass is 16.5. The van der Waals surface area contributed by atoms with Crippen molar-refractivity contribution in [3.63, 3.8) is 0 Å². The number of hydrogen-bond acceptors (Lipinski definition) is 2. The average molecular weight is 330 g/mol. The number of carbonyl (C=O) groups is 1. The minimum atomic E-state index is -0.459. The Morgan fingerprint density at radius 1 is 1.12 bits per heavy atom. The van der Waals surface area contributed by atoms with Gasteiger partial charge in [0.15, 0.2) is 5.75 Å². The van der Waals surface area contributed by atoms with Gasteiger partial charge in [0, 0.05) is 12.7 Å². The van der Waals surface area contributed by atoms with E-state index in [1.54, 1.807) is 6.07 Å². The lowest BCUT2D eigenvalue weighted by atomic mass is 10.0. The van der Waals surface area contributed by atoms with E-state index in [1.807, 2.05) is 78.9 Å². The molecule has 1 aromatic heterocycles. The largest absolute Gasteiger partial charge is 0.479 e. The number of nitrogens with zero attached hydrogens (tertiary/aromatic N) is 1. The Hall–Kier alpha value is -2.23. The number of ether oxygens (including phenoxy) is 1. The van der Waals surface area contributed by atoms with Crippen LogP contribution in [0.15, 0.2) is 36.5 Å². The van der Waals surface area contributed by atoms with Gasteiger partial charge >= 0.3 is 0 Å². The molecule has 0 atom stereocenters. The molecule has 2 aromatic rings. The summed E-state index contributed by atoms with van der Waals surface area (Å²) in [5, 5.41) is 2.83. The summed E-state index contributed by atoms with van der Waals surface area (Å²) in [6.45, 7) is 14.5. The maximum Gasteiger partial charge on any atom is 0.255 e. The Labute approximate surface area is 145 Å². The van der Waals surface area contributed by atoms with Gasteiger partial charge < -0.3 is 14.6 Å². The Balaban J connectivity index is 0.000000671. The van der Waals surface area contributed by atoms with Gasteiger partial charge in [-0.15, -0.1) is 0 Å². The Bertz CT molecular complexity index is 672. The second-order valence-electron chi connectivity index (χ2n) is 5.39. The molecule has 4 nitrogen and oxygen atoms in total. The highest BCUT2D eigenvalue weighted by Crippen LogP contribution is 2.40. The Morgan fingerprint density at radius 3 is 2.42 bits per heavy atom. The van der Waals surface area contributed by atoms with Crippen molar-refractivity contribution >= 4 is 5.91 Å². The fourth-order valence-electron chi connectivity index (χ4n) is 2.65. The van der Waals surface area contributed by atoms with E-state index in [2.05, 4.69) is 9.88 Å². The second kappa shape index (κ2) is 8.57. The van der Waals surface area contributed by atoms with Gasteiger partial charge in [0.25, 0.3) is 5.91 Å². The zero-order valence-electron chi connectivity index (χ0n) is 15.9. The highest BCUT2D eigenvalue weighted by molar-refractivity contribution is 5.98. The Morgan fingerprint density at radius 2 is 1.79 bits per heavy atom. The van der Waals surface area contributed by atoms with Crippen molar-refractivity contribution in [3.8, 4) is 11.4 Å². The third kappa shape index (κ3) is 3.64. The van der Waals surface area contributed by atoms with Crippen LogP contribution in [0.3, 0.4) is 0 Å². The van der Waals surface area contributed by atoms with Crippen LogP contribution >= 0.6 is 0 Å². The summed E-state index contributed by atoms with van der Waals surface area (Å²) in [5.74, 6) is 0.544. The summed E-state index contributed by atoms with van der Waals surface area (Å²) in [4.78, 5) is 12.2. The van der Waals surface area contributed by atoms with Gasteiger partial charge in [0.2, 0.25) is 0 Å². The van der Waals surface area contributed by atoms with Crippen molar-refractivity contribution in [2.75, 3.05) is 6.54 Å². The number of aromatic nitrogens is 1. The molecule has 1 N–H and O–H groups in total. The van der Waals surface area contributed by atoms with Crippen molar-refractivity contribution in [1.29, 1.82) is 0 Å². The molecule has 0 saturated heterocycles. The van der Waals surface area contributed by atoms with Gasteiger partial charge in [-0.05, 0) is 45.0 Å². The zero-order chi connectivity index (χ0) is 18.3. The van der Waals surface area contributed by atoms with Gasteiger partial charge in [-0.25, -0.2) is 0 Å². The molecular formula is C20H30N2O2. The molecule has 1 aliphatic rings. The third-order valence-electron chi connectivity index (χ3n) is 3.56. The van der Waals surface area contributed by atoms with Crippen LogP contribution in [0.5, 0.6) is 5.75 Å². The predicted molar refractivity (Wildman–Crippen MR) is 100 cm³/mol. The smallest absolute Gasteiger partial charge is 0.255 e. The predicted octanol–water partition coefficient (Wildman–Crippen LogP) is 4.91. The van der Waals surface area contributed by atoms with Crippen LogP contribution in [0.2, 0.25) is 0 Å². The maximum absolute atomic E-state index is 12.2. The summed E-state index contributed by atoms with van der Waals surface area (Å²) in [7, 11) is 0. The fourth-order valence-corrected chi connectivity index (χ4v) is 2.65. The number of benzene rings is 1. The van der Waals surface area contributed by atoms with Gasteiger partial charge in [0.05, 0.1) is 16.9 Å². The fraction of sp³-hybridized carbons (Fsp3) is 0.450. The van der Waals surface area contributed by atoms with E-state index in [-0.39, 0.29) is 5.91 Å². The summed E-state index contributed by atoms with van der Waals surface area (Å²) in [5.41, 5.74) is 2.11. The lowest BCUT2D eigenvalue weighted by Crippen LogP contribution is -2.34. The van der Waals surface area contributed by atoms with Crippen LogP contribution in [-0.4, -0.2) is 17.0 Å². The number of carbonyl (C=O) groups excluding carboxylic acids is 1. The molecule has 2 heterocycles. The molecule has 24 heavy (non-hydrogen) atoms. The van der Waals surface area contributed by atoms with Crippen molar-refractivity contribution in [1.82, 2.24) is 9.88 Å². The molecular weight excluding hydrogens is 300 g/mol. The summed E-state index contributed by atoms with van der Waals surface area (Å²) < 4.78 is 8.21. The summed E-state index contributed by atoms with van der Waals surface area (Å²) in [6, 6.07) is 9.69. The van der Waals surface area contributed by atoms with Crippen LogP contribution in [-0.2, 0) is 5.60 Å². The first-order chi connectivity index (χ1) is 11.5. The monoisotopic (exact) mass is 330 g/mol. The minimum Gasteiger partial charge on any atom is -0.479 e. The molecule has 1 amide bonds. The first-order valence-electron chi connectivity index (χ1n) is 8.83. The number of fused-ring (bicyclic) bond motifs is 3. The van der Waals surface area contributed by atoms with E-state index in [0.29, 0.717) is 17.9 Å². The molecule has 3 rings (SSSR count). The molecule has 0 aliphatic carbocycles. The van der Waals surface area contributed by atoms with E-state index >= 15 is 0 Å². The standard InChI is InChI=1S/C16H18N2O2.2C2H6/c1-4-17-15(19)11-7-5-8-12-14(11)20-16(2,3)13-9-6-10-18(12)13;2*1-2/h5-10H,4H2,1-3H3,(H,17,19);2*1-2H3. The quantitative estimate of drug-likeness (QED) is 0.850. The lowest BCUT2D eigenvalue weighted by Gasteiger charge is -2.35. The molecule has 0 unspecified atom stereocenters. The number of hydrogen-bond donors (Lipinski definition) is 1. The van der Waals surface area contributed by atoms with Gasteiger partial charge in [-0.2, -0.15) is 0 Å². The molecule has 0 bridgehead atoms. The second-order valence-corrected chi connectivity index (χ2v) is 5.39. The van der Waals surface area contributed by atoms with Crippen molar-refractivity contribution in [2.24, 2.45) is 0 Å². The molecule has 1 aromatic carbocycles. The number of para-hydroxylation sites is 1. The van der Waals surface area contributed by atoms with E-state index in [9.17, 15) is 4.79 Å². The van der Waals surface area contributed by atoms with Crippen LogP contribution in [0.4, 0.5) is 0 Å². The minimum absolute atomic E-state index is 0.101. The Kier molecular flexibility index (Phi) is 7.08. The molecule has 0 fully saturated rings. The number of nitrogens with one attached hydrogen (secondary N) is 1. The van der Waals surface area contributed by atoms with Crippen LogP contribution in [0, 0.1) is 0 Å². The average Bonchev–Trinajstić information content (AvgIpc) is 3.09. The van der Waals surface area contributed by atoms with Gasteiger partial charge in [-0.3, -0.25) is 4.79 Å². The van der Waals surface area contributed by atoms with E-state index in [1.165, 1.54) is 0 Å². The summed E-state index contributed by atoms with van der Waals surface area (Å²) in [6.07, 6.45) is 2.00. The van der Waals surface area contributed by atoms with Crippen LogP contribution in [0.1, 0.15) is 64.5 Å². The van der Waals surface area contributed by atoms with Crippen molar-refractivity contribution in [2.45, 2.75) is 54.1 Å². The van der Waals surface area contributed by atoms with Crippen molar-refractivity contribution in [3.05, 3.63) is 47.8 Å². The third-order valence-corrected chi connectivity index (χ3v) is 3.56. The van der Waals surface area contributed by atoms with Crippen LogP contribution in [0.25, 0.3) is 5.69 Å². The summed E-state index contributed by atoms with van der Waals surface area (Å²) >= 11 is 0. The first kappa shape index (κ1) is 19.8. The van der Waals surface area contributed by atoms with Crippen LogP contribution < -0.4 is 10.1 Å². The number of amides is 1. The molecule has 132 valence electrons. The van der Waals surface area contributed by atoms with E-state index < -0.39 is 5.60 Å². The lowest BCUT2D eigenvalue weighted by molar-refractivity contribution is 0.0847. The molecule has 1 aliphatic heterocycles. The van der Waals surface area contributed by atoms with Gasteiger partial charge in [-0.1, -0.05) is 33.8 Å². The van der Waals surface area contributed by atoms with E-state index in [0.717, 1.165) is 11.4 Å². The van der Waals surface area contributed by atoms with Crippen molar-refractivity contribution < 1.29 is 9.53 Å². The molecule has 0 spiro atoms.